The Bertz CT molecular complexity index is 304. The summed E-state index contributed by atoms with van der Waals surface area (Å²) in [5.74, 6) is 0.597. The highest BCUT2D eigenvalue weighted by Crippen LogP contribution is 2.27. The predicted octanol–water partition coefficient (Wildman–Crippen LogP) is 4.58. The lowest BCUT2D eigenvalue weighted by molar-refractivity contribution is 0.693. The van der Waals surface area contributed by atoms with Gasteiger partial charge in [-0.3, -0.25) is 0 Å². The van der Waals surface area contributed by atoms with E-state index in [2.05, 4.69) is 61.8 Å². The fraction of sp³-hybridized carbons (Fsp3) is 0.538. The van der Waals surface area contributed by atoms with E-state index in [4.69, 9.17) is 0 Å². The minimum atomic E-state index is 0.588. The van der Waals surface area contributed by atoms with Gasteiger partial charge in [0, 0.05) is 4.83 Å². The van der Waals surface area contributed by atoms with Crippen LogP contribution in [0.2, 0.25) is 0 Å². The molecule has 0 bridgehead atoms. The quantitative estimate of drug-likeness (QED) is 0.693. The van der Waals surface area contributed by atoms with Crippen molar-refractivity contribution >= 4 is 15.9 Å². The predicted molar refractivity (Wildman–Crippen MR) is 67.3 cm³/mol. The van der Waals surface area contributed by atoms with Gasteiger partial charge in [-0.1, -0.05) is 48.0 Å². The summed E-state index contributed by atoms with van der Waals surface area (Å²) in [6.07, 6.45) is 1.17. The van der Waals surface area contributed by atoms with Crippen molar-refractivity contribution in [3.8, 4) is 0 Å². The Hall–Kier alpha value is -0.300. The van der Waals surface area contributed by atoms with E-state index in [-0.39, 0.29) is 0 Å². The molecule has 0 aliphatic carbocycles. The molecule has 14 heavy (non-hydrogen) atoms. The summed E-state index contributed by atoms with van der Waals surface area (Å²) in [4.78, 5) is 0.588. The Morgan fingerprint density at radius 2 is 1.86 bits per heavy atom. The molecule has 0 N–H and O–H groups in total. The highest BCUT2D eigenvalue weighted by Gasteiger charge is 2.14. The van der Waals surface area contributed by atoms with Gasteiger partial charge in [0.1, 0.15) is 0 Å². The molecule has 0 radical (unpaired) electrons. The van der Waals surface area contributed by atoms with Crippen LogP contribution in [-0.4, -0.2) is 4.83 Å². The summed E-state index contributed by atoms with van der Waals surface area (Å²) < 4.78 is 0. The zero-order valence-electron chi connectivity index (χ0n) is 9.47. The maximum atomic E-state index is 3.72. The van der Waals surface area contributed by atoms with Crippen molar-refractivity contribution in [2.24, 2.45) is 0 Å². The number of halogens is 1. The molecule has 0 saturated heterocycles. The minimum absolute atomic E-state index is 0.588. The van der Waals surface area contributed by atoms with Gasteiger partial charge in [-0.15, -0.1) is 0 Å². The SMILES string of the molecule is CCC(Br)C(C)c1ccc(C)c(C)c1. The van der Waals surface area contributed by atoms with E-state index < -0.39 is 0 Å². The van der Waals surface area contributed by atoms with Gasteiger partial charge in [0.25, 0.3) is 0 Å². The molecular formula is C13H19Br. The third-order valence-electron chi connectivity index (χ3n) is 2.99. The maximum Gasteiger partial charge on any atom is 0.0209 e. The van der Waals surface area contributed by atoms with Crippen LogP contribution in [0.3, 0.4) is 0 Å². The van der Waals surface area contributed by atoms with E-state index in [9.17, 15) is 0 Å². The van der Waals surface area contributed by atoms with Crippen molar-refractivity contribution < 1.29 is 0 Å². The highest BCUT2D eigenvalue weighted by molar-refractivity contribution is 9.09. The van der Waals surface area contributed by atoms with E-state index in [0.29, 0.717) is 10.7 Å². The number of alkyl halides is 1. The Morgan fingerprint density at radius 3 is 2.36 bits per heavy atom. The smallest absolute Gasteiger partial charge is 0.0209 e. The molecule has 0 heterocycles. The molecule has 2 unspecified atom stereocenters. The molecule has 1 rings (SSSR count). The van der Waals surface area contributed by atoms with Crippen molar-refractivity contribution in [2.75, 3.05) is 0 Å². The van der Waals surface area contributed by atoms with Gasteiger partial charge in [0.05, 0.1) is 0 Å². The third kappa shape index (κ3) is 2.60. The normalized spacial score (nSPS) is 15.2. The van der Waals surface area contributed by atoms with Gasteiger partial charge in [-0.05, 0) is 42.9 Å². The lowest BCUT2D eigenvalue weighted by Gasteiger charge is -2.18. The van der Waals surface area contributed by atoms with Crippen LogP contribution in [0, 0.1) is 13.8 Å². The first-order valence-corrected chi connectivity index (χ1v) is 6.19. The molecule has 0 aliphatic rings. The van der Waals surface area contributed by atoms with Gasteiger partial charge in [-0.2, -0.15) is 0 Å². The zero-order valence-corrected chi connectivity index (χ0v) is 11.1. The maximum absolute atomic E-state index is 3.72. The first-order chi connectivity index (χ1) is 6.56. The van der Waals surface area contributed by atoms with Crippen LogP contribution in [0.25, 0.3) is 0 Å². The molecule has 2 atom stereocenters. The second-order valence-electron chi connectivity index (χ2n) is 4.06. The van der Waals surface area contributed by atoms with E-state index in [1.54, 1.807) is 0 Å². The Morgan fingerprint density at radius 1 is 1.21 bits per heavy atom. The molecule has 78 valence electrons. The molecular weight excluding hydrogens is 236 g/mol. The number of benzene rings is 1. The van der Waals surface area contributed by atoms with Crippen LogP contribution in [0.4, 0.5) is 0 Å². The van der Waals surface area contributed by atoms with Gasteiger partial charge in [-0.25, -0.2) is 0 Å². The van der Waals surface area contributed by atoms with Crippen LogP contribution in [0.5, 0.6) is 0 Å². The van der Waals surface area contributed by atoms with E-state index in [1.165, 1.54) is 23.1 Å². The topological polar surface area (TPSA) is 0 Å². The summed E-state index contributed by atoms with van der Waals surface area (Å²) >= 11 is 3.72. The van der Waals surface area contributed by atoms with E-state index >= 15 is 0 Å². The fourth-order valence-electron chi connectivity index (χ4n) is 1.61. The van der Waals surface area contributed by atoms with Gasteiger partial charge in [0.15, 0.2) is 0 Å². The Kier molecular flexibility index (Phi) is 4.18. The van der Waals surface area contributed by atoms with Crippen molar-refractivity contribution in [3.63, 3.8) is 0 Å². The highest BCUT2D eigenvalue weighted by atomic mass is 79.9. The molecule has 0 nitrogen and oxygen atoms in total. The van der Waals surface area contributed by atoms with E-state index in [1.807, 2.05) is 0 Å². The average Bonchev–Trinajstić information content (AvgIpc) is 2.20. The van der Waals surface area contributed by atoms with Crippen LogP contribution in [-0.2, 0) is 0 Å². The minimum Gasteiger partial charge on any atom is -0.0884 e. The summed E-state index contributed by atoms with van der Waals surface area (Å²) in [7, 11) is 0. The van der Waals surface area contributed by atoms with Gasteiger partial charge in [0.2, 0.25) is 0 Å². The second kappa shape index (κ2) is 4.97. The van der Waals surface area contributed by atoms with Gasteiger partial charge < -0.3 is 0 Å². The number of aryl methyl sites for hydroxylation is 2. The Balaban J connectivity index is 2.91. The largest absolute Gasteiger partial charge is 0.0884 e. The number of rotatable bonds is 3. The molecule has 0 saturated carbocycles. The van der Waals surface area contributed by atoms with Crippen molar-refractivity contribution in [2.45, 2.75) is 44.9 Å². The van der Waals surface area contributed by atoms with Crippen LogP contribution >= 0.6 is 15.9 Å². The summed E-state index contributed by atoms with van der Waals surface area (Å²) in [5.41, 5.74) is 4.21. The molecule has 0 amide bonds. The average molecular weight is 255 g/mol. The van der Waals surface area contributed by atoms with Crippen molar-refractivity contribution in [1.82, 2.24) is 0 Å². The zero-order chi connectivity index (χ0) is 10.7. The summed E-state index contributed by atoms with van der Waals surface area (Å²) in [6, 6.07) is 6.78. The molecule has 1 heteroatoms. The monoisotopic (exact) mass is 254 g/mol. The third-order valence-corrected chi connectivity index (χ3v) is 4.43. The van der Waals surface area contributed by atoms with E-state index in [0.717, 1.165) is 0 Å². The lowest BCUT2D eigenvalue weighted by atomic mass is 9.94. The Labute approximate surface area is 95.9 Å². The number of hydrogen-bond donors (Lipinski definition) is 0. The fourth-order valence-corrected chi connectivity index (χ4v) is 1.92. The molecule has 0 aromatic heterocycles. The molecule has 0 aliphatic heterocycles. The van der Waals surface area contributed by atoms with Crippen molar-refractivity contribution in [3.05, 3.63) is 34.9 Å². The first-order valence-electron chi connectivity index (χ1n) is 5.27. The summed E-state index contributed by atoms with van der Waals surface area (Å²) in [6.45, 7) is 8.85. The van der Waals surface area contributed by atoms with Crippen LogP contribution in [0.1, 0.15) is 42.9 Å². The second-order valence-corrected chi connectivity index (χ2v) is 5.23. The molecule has 1 aromatic rings. The number of hydrogen-bond acceptors (Lipinski definition) is 0. The summed E-state index contributed by atoms with van der Waals surface area (Å²) in [5, 5.41) is 0. The van der Waals surface area contributed by atoms with Crippen LogP contribution in [0.15, 0.2) is 18.2 Å². The van der Waals surface area contributed by atoms with Gasteiger partial charge >= 0.3 is 0 Å². The molecule has 0 fully saturated rings. The first kappa shape index (κ1) is 11.8. The molecule has 0 spiro atoms. The molecule has 1 aromatic carbocycles. The van der Waals surface area contributed by atoms with Crippen LogP contribution < -0.4 is 0 Å². The lowest BCUT2D eigenvalue weighted by Crippen LogP contribution is -2.07. The van der Waals surface area contributed by atoms with Crippen molar-refractivity contribution in [1.29, 1.82) is 0 Å². The standard InChI is InChI=1S/C13H19Br/c1-5-13(14)11(4)12-7-6-9(2)10(3)8-12/h6-8,11,13H,5H2,1-4H3.